The Morgan fingerprint density at radius 1 is 1.15 bits per heavy atom. The van der Waals surface area contributed by atoms with Crippen LogP contribution in [0.4, 0.5) is 5.69 Å². The first kappa shape index (κ1) is 26.1. The summed E-state index contributed by atoms with van der Waals surface area (Å²) in [6, 6.07) is 16.2. The molecule has 0 aliphatic carbocycles. The number of esters is 2. The fourth-order valence-electron chi connectivity index (χ4n) is 3.87. The Labute approximate surface area is 231 Å². The quantitative estimate of drug-likeness (QED) is 0.0805. The first-order valence-corrected chi connectivity index (χ1v) is 12.9. The summed E-state index contributed by atoms with van der Waals surface area (Å²) in [5.74, 6) is -0.649. The molecule has 5 rings (SSSR count). The van der Waals surface area contributed by atoms with E-state index in [0.29, 0.717) is 38.4 Å². The van der Waals surface area contributed by atoms with Gasteiger partial charge in [0.25, 0.3) is 5.69 Å². The summed E-state index contributed by atoms with van der Waals surface area (Å²) in [6.45, 7) is 4.00. The molecule has 3 aromatic carbocycles. The summed E-state index contributed by atoms with van der Waals surface area (Å²) in [6.07, 6.45) is 1.51. The second kappa shape index (κ2) is 10.7. The molecule has 39 heavy (non-hydrogen) atoms. The van der Waals surface area contributed by atoms with Crippen LogP contribution in [0.15, 0.2) is 71.4 Å². The minimum Gasteiger partial charge on any atom is -0.490 e. The van der Waals surface area contributed by atoms with Crippen molar-refractivity contribution in [3.63, 3.8) is 0 Å². The number of fused-ring (bicyclic) bond motifs is 1. The number of benzene rings is 3. The molecule has 0 saturated heterocycles. The number of aryl methyl sites for hydroxylation is 1. The maximum absolute atomic E-state index is 12.6. The van der Waals surface area contributed by atoms with Crippen LogP contribution >= 0.6 is 22.9 Å². The maximum atomic E-state index is 12.6. The van der Waals surface area contributed by atoms with Crippen LogP contribution < -0.4 is 9.47 Å². The van der Waals surface area contributed by atoms with Gasteiger partial charge in [-0.1, -0.05) is 35.4 Å². The zero-order valence-corrected chi connectivity index (χ0v) is 22.2. The highest BCUT2D eigenvalue weighted by Crippen LogP contribution is 2.39. The fourth-order valence-corrected chi connectivity index (χ4v) is 5.34. The van der Waals surface area contributed by atoms with Gasteiger partial charge in [-0.05, 0) is 55.8 Å². The van der Waals surface area contributed by atoms with Gasteiger partial charge in [-0.2, -0.15) is 0 Å². The number of ether oxygens (including phenoxy) is 3. The molecule has 0 unspecified atom stereocenters. The molecule has 11 heteroatoms. The molecule has 0 radical (unpaired) electrons. The molecule has 0 atom stereocenters. The summed E-state index contributed by atoms with van der Waals surface area (Å²) in [5.41, 5.74) is 1.85. The van der Waals surface area contributed by atoms with Crippen molar-refractivity contribution in [2.24, 2.45) is 4.99 Å². The standard InChI is InChI=1S/C28H19ClN2O7S/c1-3-36-22-13-16(7-10-21(22)37-27(32)17-6-4-5-15(2)11-17)12-20-28(33)38-26(30-20)25-24(29)19-9-8-18(31(34)35)14-23(19)39-25/h4-14H,3H2,1-2H3/b20-12+. The zero-order valence-electron chi connectivity index (χ0n) is 20.6. The van der Waals surface area contributed by atoms with Crippen LogP contribution in [0.1, 0.15) is 33.3 Å². The molecule has 0 spiro atoms. The average molecular weight is 563 g/mol. The first-order chi connectivity index (χ1) is 18.7. The van der Waals surface area contributed by atoms with Crippen LogP contribution in [0.2, 0.25) is 5.02 Å². The normalized spacial score (nSPS) is 13.9. The van der Waals surface area contributed by atoms with E-state index in [1.807, 2.05) is 13.0 Å². The van der Waals surface area contributed by atoms with Crippen molar-refractivity contribution in [2.75, 3.05) is 6.61 Å². The van der Waals surface area contributed by atoms with E-state index >= 15 is 0 Å². The summed E-state index contributed by atoms with van der Waals surface area (Å²) in [4.78, 5) is 40.6. The van der Waals surface area contributed by atoms with E-state index < -0.39 is 16.9 Å². The Balaban J connectivity index is 1.43. The van der Waals surface area contributed by atoms with E-state index in [1.54, 1.807) is 49.4 Å². The molecular formula is C28H19ClN2O7S. The van der Waals surface area contributed by atoms with E-state index in [2.05, 4.69) is 4.99 Å². The number of non-ortho nitro benzene ring substituents is 1. The maximum Gasteiger partial charge on any atom is 0.363 e. The minimum atomic E-state index is -0.683. The van der Waals surface area contributed by atoms with Gasteiger partial charge in [0.2, 0.25) is 5.90 Å². The van der Waals surface area contributed by atoms with Crippen molar-refractivity contribution in [3.8, 4) is 11.5 Å². The zero-order chi connectivity index (χ0) is 27.7. The molecule has 1 aliphatic rings. The number of nitro groups is 1. The molecule has 1 aromatic heterocycles. The lowest BCUT2D eigenvalue weighted by Gasteiger charge is -2.11. The Morgan fingerprint density at radius 3 is 2.72 bits per heavy atom. The van der Waals surface area contributed by atoms with Crippen molar-refractivity contribution in [2.45, 2.75) is 13.8 Å². The van der Waals surface area contributed by atoms with Crippen molar-refractivity contribution < 1.29 is 28.7 Å². The Bertz CT molecular complexity index is 1720. The number of carbonyl (C=O) groups excluding carboxylic acids is 2. The number of nitro benzene ring substituents is 1. The third-order valence-corrected chi connectivity index (χ3v) is 7.31. The molecular weight excluding hydrogens is 544 g/mol. The number of carbonyl (C=O) groups is 2. The lowest BCUT2D eigenvalue weighted by molar-refractivity contribution is -0.384. The van der Waals surface area contributed by atoms with E-state index in [0.717, 1.165) is 16.9 Å². The van der Waals surface area contributed by atoms with Gasteiger partial charge in [-0.3, -0.25) is 10.1 Å². The molecule has 9 nitrogen and oxygen atoms in total. The highest BCUT2D eigenvalue weighted by Gasteiger charge is 2.28. The van der Waals surface area contributed by atoms with Gasteiger partial charge < -0.3 is 14.2 Å². The number of hydrogen-bond acceptors (Lipinski definition) is 9. The number of rotatable bonds is 7. The highest BCUT2D eigenvalue weighted by atomic mass is 35.5. The smallest absolute Gasteiger partial charge is 0.363 e. The number of hydrogen-bond donors (Lipinski definition) is 0. The molecule has 0 fully saturated rings. The molecule has 0 amide bonds. The molecule has 4 aromatic rings. The van der Waals surface area contributed by atoms with Crippen molar-refractivity contribution in [1.82, 2.24) is 0 Å². The number of thiophene rings is 1. The second-order valence-corrected chi connectivity index (χ2v) is 9.85. The highest BCUT2D eigenvalue weighted by molar-refractivity contribution is 7.21. The lowest BCUT2D eigenvalue weighted by atomic mass is 10.1. The summed E-state index contributed by atoms with van der Waals surface area (Å²) in [5, 5.41) is 12.0. The van der Waals surface area contributed by atoms with Crippen LogP contribution in [0.25, 0.3) is 16.2 Å². The topological polar surface area (TPSA) is 117 Å². The van der Waals surface area contributed by atoms with Gasteiger partial charge >= 0.3 is 11.9 Å². The summed E-state index contributed by atoms with van der Waals surface area (Å²) in [7, 11) is 0. The lowest BCUT2D eigenvalue weighted by Crippen LogP contribution is -2.10. The van der Waals surface area contributed by atoms with Crippen molar-refractivity contribution in [3.05, 3.63) is 103 Å². The molecule has 2 heterocycles. The van der Waals surface area contributed by atoms with Crippen molar-refractivity contribution >= 4 is 62.6 Å². The van der Waals surface area contributed by atoms with E-state index in [9.17, 15) is 19.7 Å². The number of nitrogens with zero attached hydrogens (tertiary/aromatic N) is 2. The minimum absolute atomic E-state index is 0.00818. The second-order valence-electron chi connectivity index (χ2n) is 8.42. The van der Waals surface area contributed by atoms with Gasteiger partial charge in [-0.15, -0.1) is 11.3 Å². The largest absolute Gasteiger partial charge is 0.490 e. The Hall–Kier alpha value is -4.54. The SMILES string of the molecule is CCOc1cc(/C=C2/N=C(c3sc4cc([N+](=O)[O-])ccc4c3Cl)OC2=O)ccc1OC(=O)c1cccc(C)c1. The molecule has 0 N–H and O–H groups in total. The van der Waals surface area contributed by atoms with Crippen LogP contribution in [0.5, 0.6) is 11.5 Å². The molecule has 196 valence electrons. The Morgan fingerprint density at radius 2 is 1.97 bits per heavy atom. The van der Waals surface area contributed by atoms with Crippen LogP contribution in [0.3, 0.4) is 0 Å². The van der Waals surface area contributed by atoms with Crippen LogP contribution in [-0.4, -0.2) is 29.4 Å². The van der Waals surface area contributed by atoms with Crippen LogP contribution in [-0.2, 0) is 9.53 Å². The number of aliphatic imine (C=N–C) groups is 1. The van der Waals surface area contributed by atoms with Crippen molar-refractivity contribution in [1.29, 1.82) is 0 Å². The van der Waals surface area contributed by atoms with Gasteiger partial charge in [0.15, 0.2) is 17.2 Å². The molecule has 1 aliphatic heterocycles. The summed E-state index contributed by atoms with van der Waals surface area (Å²) < 4.78 is 17.2. The molecule has 0 bridgehead atoms. The number of cyclic esters (lactones) is 1. The monoisotopic (exact) mass is 562 g/mol. The predicted octanol–water partition coefficient (Wildman–Crippen LogP) is 6.73. The summed E-state index contributed by atoms with van der Waals surface area (Å²) >= 11 is 7.62. The van der Waals surface area contributed by atoms with Crippen LogP contribution in [0, 0.1) is 17.0 Å². The van der Waals surface area contributed by atoms with Gasteiger partial charge in [0.1, 0.15) is 4.88 Å². The predicted molar refractivity (Wildman–Crippen MR) is 148 cm³/mol. The van der Waals surface area contributed by atoms with Gasteiger partial charge in [-0.25, -0.2) is 14.6 Å². The van der Waals surface area contributed by atoms with Gasteiger partial charge in [0.05, 0.1) is 22.1 Å². The van der Waals surface area contributed by atoms with E-state index in [1.165, 1.54) is 18.2 Å². The first-order valence-electron chi connectivity index (χ1n) is 11.7. The van der Waals surface area contributed by atoms with Gasteiger partial charge in [0, 0.05) is 22.2 Å². The third kappa shape index (κ3) is 5.38. The number of halogens is 1. The fraction of sp³-hybridized carbons (Fsp3) is 0.107. The average Bonchev–Trinajstić information content (AvgIpc) is 3.44. The third-order valence-electron chi connectivity index (χ3n) is 5.67. The Kier molecular flexibility index (Phi) is 7.14. The van der Waals surface area contributed by atoms with E-state index in [4.69, 9.17) is 25.8 Å². The molecule has 0 saturated carbocycles. The van der Waals surface area contributed by atoms with E-state index in [-0.39, 0.29) is 28.1 Å².